The number of rotatable bonds is 6. The molecule has 1 amide bonds. The molecule has 0 saturated heterocycles. The molecule has 1 aromatic heterocycles. The predicted octanol–water partition coefficient (Wildman–Crippen LogP) is 4.96. The number of pyridine rings is 1. The predicted molar refractivity (Wildman–Crippen MR) is 141 cm³/mol. The second-order valence-electron chi connectivity index (χ2n) is 10.2. The summed E-state index contributed by atoms with van der Waals surface area (Å²) in [7, 11) is 2.03. The van der Waals surface area contributed by atoms with Gasteiger partial charge in [-0.2, -0.15) is 0 Å². The van der Waals surface area contributed by atoms with Crippen LogP contribution in [0, 0.1) is 5.82 Å². The van der Waals surface area contributed by atoms with Crippen molar-refractivity contribution in [3.05, 3.63) is 77.2 Å². The fourth-order valence-corrected chi connectivity index (χ4v) is 5.92. The molecule has 0 unspecified atom stereocenters. The van der Waals surface area contributed by atoms with Gasteiger partial charge in [-0.1, -0.05) is 30.3 Å². The number of benzene rings is 2. The van der Waals surface area contributed by atoms with E-state index in [9.17, 15) is 18.5 Å². The molecule has 0 fully saturated rings. The number of aliphatic hydroxyl groups excluding tert-OH is 1. The fraction of sp³-hybridized carbons (Fsp3) is 0.357. The molecule has 2 heterocycles. The van der Waals surface area contributed by atoms with E-state index in [1.807, 2.05) is 49.3 Å². The lowest BCUT2D eigenvalue weighted by Gasteiger charge is -2.30. The first-order valence-electron chi connectivity index (χ1n) is 11.9. The minimum Gasteiger partial charge on any atom is -0.396 e. The summed E-state index contributed by atoms with van der Waals surface area (Å²) in [6, 6.07) is 15.5. The Kier molecular flexibility index (Phi) is 7.41. The first-order valence-corrected chi connectivity index (χ1v) is 13.0. The smallest absolute Gasteiger partial charge is 0.271 e. The second-order valence-corrected chi connectivity index (χ2v) is 12.4. The molecule has 36 heavy (non-hydrogen) atoms. The summed E-state index contributed by atoms with van der Waals surface area (Å²) in [5.41, 5.74) is 5.26. The Hall–Kier alpha value is -2.94. The van der Waals surface area contributed by atoms with Gasteiger partial charge in [0.15, 0.2) is 0 Å². The molecule has 0 bridgehead atoms. The number of halogens is 1. The number of carbonyl (C=O) groups excluding carboxylic acids is 1. The highest BCUT2D eigenvalue weighted by Crippen LogP contribution is 2.44. The summed E-state index contributed by atoms with van der Waals surface area (Å²) in [5.74, 6) is -0.522. The molecule has 6 nitrogen and oxygen atoms in total. The van der Waals surface area contributed by atoms with Crippen LogP contribution in [-0.2, 0) is 17.5 Å². The zero-order chi connectivity index (χ0) is 26.2. The third-order valence-corrected chi connectivity index (χ3v) is 8.09. The molecular formula is C28H32FN3O3S. The van der Waals surface area contributed by atoms with Crippen molar-refractivity contribution in [2.75, 3.05) is 20.7 Å². The minimum atomic E-state index is -1.33. The lowest BCUT2D eigenvalue weighted by atomic mass is 9.94. The van der Waals surface area contributed by atoms with Crippen LogP contribution >= 0.6 is 0 Å². The highest BCUT2D eigenvalue weighted by atomic mass is 32.2. The molecule has 3 aromatic rings. The number of carbonyl (C=O) groups is 1. The number of aromatic nitrogens is 1. The Bertz CT molecular complexity index is 1300. The standard InChI is InChI=1S/C28H32FN3O3S/c1-28(2,3)36(35)32-17-21-16-23(27(34)31(4)5)30-26(25(21)24(32)13-14-33)20-8-6-7-19(15-20)18-9-11-22(29)12-10-18/h6-12,15-16,24,33H,13-14,17H2,1-5H3/t24-,36-/m1/s1. The minimum absolute atomic E-state index is 0.0740. The van der Waals surface area contributed by atoms with E-state index >= 15 is 0 Å². The monoisotopic (exact) mass is 509 g/mol. The summed E-state index contributed by atoms with van der Waals surface area (Å²) in [4.78, 5) is 19.2. The number of fused-ring (bicyclic) bond motifs is 1. The molecule has 8 heteroatoms. The molecule has 0 spiro atoms. The van der Waals surface area contributed by atoms with Crippen molar-refractivity contribution in [2.24, 2.45) is 0 Å². The van der Waals surface area contributed by atoms with Crippen LogP contribution < -0.4 is 0 Å². The van der Waals surface area contributed by atoms with E-state index in [0.29, 0.717) is 24.4 Å². The maximum absolute atomic E-state index is 13.5. The van der Waals surface area contributed by atoms with Crippen LogP contribution in [0.15, 0.2) is 54.6 Å². The molecule has 2 aromatic carbocycles. The summed E-state index contributed by atoms with van der Waals surface area (Å²) in [6.07, 6.45) is 0.391. The summed E-state index contributed by atoms with van der Waals surface area (Å²) in [6.45, 7) is 6.09. The van der Waals surface area contributed by atoms with E-state index in [2.05, 4.69) is 0 Å². The number of amides is 1. The van der Waals surface area contributed by atoms with Gasteiger partial charge >= 0.3 is 0 Å². The molecule has 190 valence electrons. The van der Waals surface area contributed by atoms with E-state index in [1.54, 1.807) is 32.3 Å². The molecule has 0 aliphatic carbocycles. The van der Waals surface area contributed by atoms with Crippen molar-refractivity contribution in [1.82, 2.24) is 14.2 Å². The molecule has 0 radical (unpaired) electrons. The molecule has 0 saturated carbocycles. The highest BCUT2D eigenvalue weighted by molar-refractivity contribution is 7.84. The SMILES string of the molecule is CN(C)C(=O)c1cc2c(c(-c3cccc(-c4ccc(F)cc4)c3)n1)[C@@H](CCO)N([S@](=O)C(C)(C)C)C2. The van der Waals surface area contributed by atoms with E-state index < -0.39 is 15.7 Å². The second kappa shape index (κ2) is 10.2. The number of aliphatic hydroxyl groups is 1. The zero-order valence-corrected chi connectivity index (χ0v) is 22.1. The summed E-state index contributed by atoms with van der Waals surface area (Å²) in [5, 5.41) is 9.91. The molecular weight excluding hydrogens is 477 g/mol. The van der Waals surface area contributed by atoms with E-state index in [4.69, 9.17) is 4.98 Å². The quantitative estimate of drug-likeness (QED) is 0.510. The van der Waals surface area contributed by atoms with Crippen LogP contribution in [0.3, 0.4) is 0 Å². The molecule has 1 N–H and O–H groups in total. The third-order valence-electron chi connectivity index (χ3n) is 6.23. The average Bonchev–Trinajstić information content (AvgIpc) is 3.20. The maximum Gasteiger partial charge on any atom is 0.271 e. The fourth-order valence-electron chi connectivity index (χ4n) is 4.52. The van der Waals surface area contributed by atoms with Gasteiger partial charge in [-0.05, 0) is 68.1 Å². The van der Waals surface area contributed by atoms with Gasteiger partial charge < -0.3 is 10.0 Å². The van der Waals surface area contributed by atoms with Crippen LogP contribution in [0.25, 0.3) is 22.4 Å². The lowest BCUT2D eigenvalue weighted by Crippen LogP contribution is -2.36. The number of hydrogen-bond acceptors (Lipinski definition) is 4. The Labute approximate surface area is 214 Å². The number of nitrogens with zero attached hydrogens (tertiary/aromatic N) is 3. The Morgan fingerprint density at radius 1 is 1.11 bits per heavy atom. The molecule has 1 aliphatic heterocycles. The first kappa shape index (κ1) is 26.1. The van der Waals surface area contributed by atoms with E-state index in [-0.39, 0.29) is 24.4 Å². The van der Waals surface area contributed by atoms with Crippen molar-refractivity contribution in [3.8, 4) is 22.4 Å². The van der Waals surface area contributed by atoms with Gasteiger partial charge in [0.1, 0.15) is 22.5 Å². The van der Waals surface area contributed by atoms with E-state index in [0.717, 1.165) is 27.8 Å². The van der Waals surface area contributed by atoms with Gasteiger partial charge in [0, 0.05) is 38.4 Å². The van der Waals surface area contributed by atoms with Crippen molar-refractivity contribution >= 4 is 16.9 Å². The Morgan fingerprint density at radius 3 is 2.39 bits per heavy atom. The molecule has 2 atom stereocenters. The largest absolute Gasteiger partial charge is 0.396 e. The highest BCUT2D eigenvalue weighted by Gasteiger charge is 2.40. The van der Waals surface area contributed by atoms with Crippen LogP contribution in [0.2, 0.25) is 0 Å². The van der Waals surface area contributed by atoms with E-state index in [1.165, 1.54) is 17.0 Å². The normalized spacial score (nSPS) is 16.6. The maximum atomic E-state index is 13.5. The van der Waals surface area contributed by atoms with Crippen molar-refractivity contribution in [1.29, 1.82) is 0 Å². The first-order chi connectivity index (χ1) is 17.0. The number of hydrogen-bond donors (Lipinski definition) is 1. The Balaban J connectivity index is 1.91. The summed E-state index contributed by atoms with van der Waals surface area (Å²) < 4.78 is 28.4. The van der Waals surface area contributed by atoms with Gasteiger partial charge in [0.05, 0.1) is 16.5 Å². The van der Waals surface area contributed by atoms with Gasteiger partial charge in [-0.3, -0.25) is 4.79 Å². The van der Waals surface area contributed by atoms with Crippen LogP contribution in [0.4, 0.5) is 4.39 Å². The van der Waals surface area contributed by atoms with Crippen LogP contribution in [-0.4, -0.2) is 54.9 Å². The zero-order valence-electron chi connectivity index (χ0n) is 21.3. The van der Waals surface area contributed by atoms with Gasteiger partial charge in [0.2, 0.25) is 0 Å². The van der Waals surface area contributed by atoms with Crippen molar-refractivity contribution in [3.63, 3.8) is 0 Å². The van der Waals surface area contributed by atoms with Gasteiger partial charge in [0.25, 0.3) is 5.91 Å². The van der Waals surface area contributed by atoms with Gasteiger partial charge in [-0.25, -0.2) is 17.9 Å². The van der Waals surface area contributed by atoms with Crippen LogP contribution in [0.1, 0.15) is 54.8 Å². The Morgan fingerprint density at radius 2 is 1.78 bits per heavy atom. The third kappa shape index (κ3) is 5.12. The average molecular weight is 510 g/mol. The summed E-state index contributed by atoms with van der Waals surface area (Å²) >= 11 is 0. The van der Waals surface area contributed by atoms with Crippen molar-refractivity contribution in [2.45, 2.75) is 44.5 Å². The van der Waals surface area contributed by atoms with Crippen molar-refractivity contribution < 1.29 is 18.5 Å². The molecule has 4 rings (SSSR count). The molecule has 1 aliphatic rings. The lowest BCUT2D eigenvalue weighted by molar-refractivity contribution is 0.0822. The van der Waals surface area contributed by atoms with Gasteiger partial charge in [-0.15, -0.1) is 0 Å². The van der Waals surface area contributed by atoms with Crippen LogP contribution in [0.5, 0.6) is 0 Å². The topological polar surface area (TPSA) is 73.7 Å².